The van der Waals surface area contributed by atoms with Gasteiger partial charge in [-0.1, -0.05) is 11.6 Å². The fourth-order valence-corrected chi connectivity index (χ4v) is 3.80. The summed E-state index contributed by atoms with van der Waals surface area (Å²) < 4.78 is 8.55. The van der Waals surface area contributed by atoms with Gasteiger partial charge in [0.2, 0.25) is 5.95 Å². The molecule has 0 unspecified atom stereocenters. The molecule has 0 radical (unpaired) electrons. The highest BCUT2D eigenvalue weighted by molar-refractivity contribution is 6.30. The van der Waals surface area contributed by atoms with Crippen LogP contribution < -0.4 is 15.6 Å². The monoisotopic (exact) mass is 503 g/mol. The molecule has 0 saturated carbocycles. The summed E-state index contributed by atoms with van der Waals surface area (Å²) in [6.07, 6.45) is 1.48. The molecule has 2 N–H and O–H groups in total. The van der Waals surface area contributed by atoms with Crippen molar-refractivity contribution < 1.29 is 9.53 Å². The largest absolute Gasteiger partial charge is 0.491 e. The molecule has 0 fully saturated rings. The molecule has 182 valence electrons. The SMILES string of the molecule is Cc1cc(NC(=O)c2ccc(OC(C)C)cc2)n(-c2nc3c(cnn3-c3ccc(Cl)cc3)c(=O)[nH]2)n1. The number of halogens is 1. The van der Waals surface area contributed by atoms with Crippen LogP contribution in [-0.2, 0) is 0 Å². The van der Waals surface area contributed by atoms with Crippen LogP contribution in [0.1, 0.15) is 29.9 Å². The lowest BCUT2D eigenvalue weighted by Crippen LogP contribution is -2.19. The van der Waals surface area contributed by atoms with Gasteiger partial charge in [0, 0.05) is 16.7 Å². The number of H-pyrrole nitrogens is 1. The molecule has 3 aromatic heterocycles. The fraction of sp³-hybridized carbons (Fsp3) is 0.160. The molecule has 0 spiro atoms. The third-order valence-corrected chi connectivity index (χ3v) is 5.51. The maximum atomic E-state index is 12.9. The minimum absolute atomic E-state index is 0.0324. The van der Waals surface area contributed by atoms with Gasteiger partial charge in [-0.25, -0.2) is 4.68 Å². The van der Waals surface area contributed by atoms with Crippen molar-refractivity contribution >= 4 is 34.4 Å². The number of nitrogens with zero attached hydrogens (tertiary/aromatic N) is 5. The van der Waals surface area contributed by atoms with Gasteiger partial charge in [-0.05, 0) is 69.3 Å². The minimum Gasteiger partial charge on any atom is -0.491 e. The summed E-state index contributed by atoms with van der Waals surface area (Å²) in [6, 6.07) is 15.5. The van der Waals surface area contributed by atoms with Crippen molar-refractivity contribution in [3.8, 4) is 17.4 Å². The molecule has 0 bridgehead atoms. The number of hydrogen-bond acceptors (Lipinski definition) is 6. The van der Waals surface area contributed by atoms with Crippen LogP contribution in [0.2, 0.25) is 5.02 Å². The number of ether oxygens (including phenoxy) is 1. The summed E-state index contributed by atoms with van der Waals surface area (Å²) >= 11 is 6.00. The van der Waals surface area contributed by atoms with E-state index in [0.29, 0.717) is 44.6 Å². The van der Waals surface area contributed by atoms with Crippen molar-refractivity contribution in [1.29, 1.82) is 0 Å². The summed E-state index contributed by atoms with van der Waals surface area (Å²) in [5.74, 6) is 0.809. The van der Waals surface area contributed by atoms with E-state index in [2.05, 4.69) is 25.5 Å². The van der Waals surface area contributed by atoms with Crippen molar-refractivity contribution in [2.45, 2.75) is 26.9 Å². The number of rotatable bonds is 6. The highest BCUT2D eigenvalue weighted by Crippen LogP contribution is 2.20. The van der Waals surface area contributed by atoms with E-state index < -0.39 is 0 Å². The van der Waals surface area contributed by atoms with E-state index in [1.807, 2.05) is 13.8 Å². The summed E-state index contributed by atoms with van der Waals surface area (Å²) in [7, 11) is 0. The Balaban J connectivity index is 1.50. The minimum atomic E-state index is -0.388. The zero-order chi connectivity index (χ0) is 25.4. The number of anilines is 1. The lowest BCUT2D eigenvalue weighted by molar-refractivity contribution is 0.102. The number of benzene rings is 2. The lowest BCUT2D eigenvalue weighted by Gasteiger charge is -2.11. The molecular weight excluding hydrogens is 482 g/mol. The van der Waals surface area contributed by atoms with Crippen LogP contribution in [-0.4, -0.2) is 41.5 Å². The number of carbonyl (C=O) groups excluding carboxylic acids is 1. The van der Waals surface area contributed by atoms with Gasteiger partial charge in [-0.15, -0.1) is 0 Å². The number of aryl methyl sites for hydroxylation is 1. The average Bonchev–Trinajstić information content (AvgIpc) is 3.43. The Morgan fingerprint density at radius 2 is 1.81 bits per heavy atom. The fourth-order valence-electron chi connectivity index (χ4n) is 3.67. The Kier molecular flexibility index (Phi) is 6.03. The van der Waals surface area contributed by atoms with Crippen LogP contribution in [0.3, 0.4) is 0 Å². The van der Waals surface area contributed by atoms with Gasteiger partial charge in [-0.3, -0.25) is 14.6 Å². The van der Waals surface area contributed by atoms with Crippen LogP contribution in [0.5, 0.6) is 5.75 Å². The van der Waals surface area contributed by atoms with E-state index in [1.54, 1.807) is 66.2 Å². The van der Waals surface area contributed by atoms with Gasteiger partial charge in [0.25, 0.3) is 11.5 Å². The van der Waals surface area contributed by atoms with Crippen molar-refractivity contribution in [2.24, 2.45) is 0 Å². The summed E-state index contributed by atoms with van der Waals surface area (Å²) in [4.78, 5) is 33.1. The topological polar surface area (TPSA) is 120 Å². The van der Waals surface area contributed by atoms with Gasteiger partial charge in [0.15, 0.2) is 5.65 Å². The van der Waals surface area contributed by atoms with E-state index >= 15 is 0 Å². The predicted octanol–water partition coefficient (Wildman–Crippen LogP) is 4.30. The summed E-state index contributed by atoms with van der Waals surface area (Å²) in [6.45, 7) is 5.64. The molecule has 0 saturated heterocycles. The smallest absolute Gasteiger partial charge is 0.263 e. The number of carbonyl (C=O) groups is 1. The maximum Gasteiger partial charge on any atom is 0.263 e. The maximum absolute atomic E-state index is 12.9. The molecule has 3 heterocycles. The molecule has 5 aromatic rings. The van der Waals surface area contributed by atoms with Crippen LogP contribution in [0.15, 0.2) is 65.6 Å². The molecule has 10 nitrogen and oxygen atoms in total. The van der Waals surface area contributed by atoms with Gasteiger partial charge in [0.1, 0.15) is 17.0 Å². The van der Waals surface area contributed by atoms with Crippen molar-refractivity contribution in [3.63, 3.8) is 0 Å². The number of nitrogens with one attached hydrogen (secondary N) is 2. The first-order chi connectivity index (χ1) is 17.3. The van der Waals surface area contributed by atoms with Crippen molar-refractivity contribution in [3.05, 3.63) is 87.4 Å². The first-order valence-electron chi connectivity index (χ1n) is 11.2. The summed E-state index contributed by atoms with van der Waals surface area (Å²) in [5.41, 5.74) is 1.70. The van der Waals surface area contributed by atoms with Gasteiger partial charge >= 0.3 is 0 Å². The number of hydrogen-bond donors (Lipinski definition) is 2. The first kappa shape index (κ1) is 23.3. The molecule has 2 aromatic carbocycles. The Morgan fingerprint density at radius 1 is 1.08 bits per heavy atom. The Bertz CT molecular complexity index is 1620. The molecule has 1 amide bonds. The average molecular weight is 504 g/mol. The molecule has 36 heavy (non-hydrogen) atoms. The van der Waals surface area contributed by atoms with Gasteiger partial charge in [0.05, 0.1) is 23.7 Å². The standard InChI is InChI=1S/C25H22ClN7O3/c1-14(2)36-19-10-4-16(5-11-19)23(34)28-21-12-15(3)31-33(21)25-29-22-20(24(35)30-25)13-27-32(22)18-8-6-17(26)7-9-18/h4-14H,1-3H3,(H,28,34)(H,29,30,35). The Hall–Kier alpha value is -4.44. The van der Waals surface area contributed by atoms with Crippen LogP contribution >= 0.6 is 11.6 Å². The first-order valence-corrected chi connectivity index (χ1v) is 11.6. The van der Waals surface area contributed by atoms with Gasteiger partial charge in [-0.2, -0.15) is 19.9 Å². The predicted molar refractivity (Wildman–Crippen MR) is 137 cm³/mol. The number of aromatic nitrogens is 6. The van der Waals surface area contributed by atoms with E-state index in [4.69, 9.17) is 16.3 Å². The molecule has 0 aliphatic rings. The van der Waals surface area contributed by atoms with Crippen LogP contribution in [0.25, 0.3) is 22.7 Å². The quantitative estimate of drug-likeness (QED) is 0.356. The van der Waals surface area contributed by atoms with E-state index in [1.165, 1.54) is 10.9 Å². The van der Waals surface area contributed by atoms with E-state index in [0.717, 1.165) is 0 Å². The molecule has 0 aliphatic carbocycles. The zero-order valence-corrected chi connectivity index (χ0v) is 20.4. The lowest BCUT2D eigenvalue weighted by atomic mass is 10.2. The number of aromatic amines is 1. The number of amides is 1. The summed E-state index contributed by atoms with van der Waals surface area (Å²) in [5, 5.41) is 12.5. The molecule has 0 atom stereocenters. The molecule has 5 rings (SSSR count). The highest BCUT2D eigenvalue weighted by atomic mass is 35.5. The van der Waals surface area contributed by atoms with Crippen LogP contribution in [0.4, 0.5) is 5.82 Å². The second kappa shape index (κ2) is 9.31. The van der Waals surface area contributed by atoms with E-state index in [9.17, 15) is 9.59 Å². The normalized spacial score (nSPS) is 11.2. The molecule has 0 aliphatic heterocycles. The zero-order valence-electron chi connectivity index (χ0n) is 19.7. The third-order valence-electron chi connectivity index (χ3n) is 5.26. The van der Waals surface area contributed by atoms with Crippen molar-refractivity contribution in [1.82, 2.24) is 29.5 Å². The van der Waals surface area contributed by atoms with Crippen LogP contribution in [0, 0.1) is 6.92 Å². The third kappa shape index (κ3) is 4.58. The second-order valence-electron chi connectivity index (χ2n) is 8.39. The van der Waals surface area contributed by atoms with Crippen molar-refractivity contribution in [2.75, 3.05) is 5.32 Å². The molecular formula is C25H22ClN7O3. The Labute approximate surface area is 210 Å². The van der Waals surface area contributed by atoms with E-state index in [-0.39, 0.29) is 23.5 Å². The molecule has 11 heteroatoms. The second-order valence-corrected chi connectivity index (χ2v) is 8.82. The number of fused-ring (bicyclic) bond motifs is 1. The highest BCUT2D eigenvalue weighted by Gasteiger charge is 2.17. The Morgan fingerprint density at radius 3 is 2.50 bits per heavy atom. The van der Waals surface area contributed by atoms with Gasteiger partial charge < -0.3 is 10.1 Å².